The highest BCUT2D eigenvalue weighted by Gasteiger charge is 2.20. The standard InChI is InChI=1S/C7H11N3O4S/c1-3-8-15(13,14)5-4(2)9-7(12)10-6(5)11/h8H,3H2,1-2H3,(H2,9,10,11,12). The first-order valence-electron chi connectivity index (χ1n) is 4.21. The van der Waals surface area contributed by atoms with Gasteiger partial charge in [0.05, 0.1) is 0 Å². The lowest BCUT2D eigenvalue weighted by Gasteiger charge is -2.05. The van der Waals surface area contributed by atoms with Crippen LogP contribution in [0.4, 0.5) is 0 Å². The second-order valence-electron chi connectivity index (χ2n) is 2.86. The first kappa shape index (κ1) is 11.7. The van der Waals surface area contributed by atoms with Gasteiger partial charge in [0.2, 0.25) is 10.0 Å². The fourth-order valence-corrected chi connectivity index (χ4v) is 2.45. The van der Waals surface area contributed by atoms with E-state index in [1.807, 2.05) is 4.98 Å². The van der Waals surface area contributed by atoms with Crippen molar-refractivity contribution < 1.29 is 8.42 Å². The van der Waals surface area contributed by atoms with Crippen LogP contribution in [0.3, 0.4) is 0 Å². The van der Waals surface area contributed by atoms with E-state index in [0.717, 1.165) is 0 Å². The summed E-state index contributed by atoms with van der Waals surface area (Å²) in [5.74, 6) is 0. The Bertz CT molecular complexity index is 569. The summed E-state index contributed by atoms with van der Waals surface area (Å²) >= 11 is 0. The minimum atomic E-state index is -3.85. The predicted molar refractivity (Wildman–Crippen MR) is 53.3 cm³/mol. The molecule has 15 heavy (non-hydrogen) atoms. The molecule has 0 amide bonds. The van der Waals surface area contributed by atoms with Crippen LogP contribution in [-0.4, -0.2) is 24.9 Å². The van der Waals surface area contributed by atoms with Crippen molar-refractivity contribution in [3.05, 3.63) is 26.5 Å². The van der Waals surface area contributed by atoms with Gasteiger partial charge in [-0.15, -0.1) is 0 Å². The highest BCUT2D eigenvalue weighted by Crippen LogP contribution is 2.03. The minimum absolute atomic E-state index is 0.0182. The van der Waals surface area contributed by atoms with Crippen LogP contribution in [0.5, 0.6) is 0 Å². The molecule has 0 unspecified atom stereocenters. The number of aryl methyl sites for hydroxylation is 1. The number of sulfonamides is 1. The number of nitrogens with one attached hydrogen (secondary N) is 3. The van der Waals surface area contributed by atoms with Crippen molar-refractivity contribution in [2.75, 3.05) is 6.54 Å². The lowest BCUT2D eigenvalue weighted by atomic mass is 10.4. The summed E-state index contributed by atoms with van der Waals surface area (Å²) in [7, 11) is -3.85. The van der Waals surface area contributed by atoms with Gasteiger partial charge in [0.25, 0.3) is 5.56 Å². The first-order chi connectivity index (χ1) is 6.88. The van der Waals surface area contributed by atoms with Crippen molar-refractivity contribution >= 4 is 10.0 Å². The van der Waals surface area contributed by atoms with Gasteiger partial charge in [-0.25, -0.2) is 17.9 Å². The van der Waals surface area contributed by atoms with E-state index in [2.05, 4.69) is 9.71 Å². The third kappa shape index (κ3) is 2.34. The van der Waals surface area contributed by atoms with Crippen LogP contribution < -0.4 is 16.0 Å². The van der Waals surface area contributed by atoms with Crippen molar-refractivity contribution in [2.24, 2.45) is 0 Å². The maximum absolute atomic E-state index is 11.5. The molecule has 3 N–H and O–H groups in total. The second-order valence-corrected chi connectivity index (χ2v) is 4.57. The van der Waals surface area contributed by atoms with E-state index in [4.69, 9.17) is 0 Å². The summed E-state index contributed by atoms with van der Waals surface area (Å²) in [6.07, 6.45) is 0. The van der Waals surface area contributed by atoms with Crippen LogP contribution in [0.25, 0.3) is 0 Å². The monoisotopic (exact) mass is 233 g/mol. The molecule has 0 aromatic carbocycles. The average molecular weight is 233 g/mol. The zero-order valence-corrected chi connectivity index (χ0v) is 9.06. The summed E-state index contributed by atoms with van der Waals surface area (Å²) in [5.41, 5.74) is -1.63. The molecule has 0 aliphatic rings. The molecule has 1 rings (SSSR count). The zero-order chi connectivity index (χ0) is 11.6. The molecule has 84 valence electrons. The van der Waals surface area contributed by atoms with E-state index in [0.29, 0.717) is 0 Å². The molecule has 0 atom stereocenters. The average Bonchev–Trinajstić information content (AvgIpc) is 1.99. The van der Waals surface area contributed by atoms with E-state index in [1.54, 1.807) is 6.92 Å². The van der Waals surface area contributed by atoms with E-state index in [1.165, 1.54) is 6.92 Å². The van der Waals surface area contributed by atoms with Crippen molar-refractivity contribution in [1.29, 1.82) is 0 Å². The third-order valence-electron chi connectivity index (χ3n) is 1.68. The first-order valence-corrected chi connectivity index (χ1v) is 5.69. The summed E-state index contributed by atoms with van der Waals surface area (Å²) in [4.78, 5) is 25.7. The highest BCUT2D eigenvalue weighted by atomic mass is 32.2. The Balaban J connectivity index is 3.53. The Morgan fingerprint density at radius 3 is 2.33 bits per heavy atom. The lowest BCUT2D eigenvalue weighted by Crippen LogP contribution is -2.34. The predicted octanol–water partition coefficient (Wildman–Crippen LogP) is -1.33. The molecule has 1 aromatic rings. The number of aromatic amines is 2. The minimum Gasteiger partial charge on any atom is -0.310 e. The second kappa shape index (κ2) is 3.99. The van der Waals surface area contributed by atoms with Crippen molar-refractivity contribution in [3.63, 3.8) is 0 Å². The SMILES string of the molecule is CCNS(=O)(=O)c1c(C)[nH]c(=O)[nH]c1=O. The van der Waals surface area contributed by atoms with Gasteiger partial charge >= 0.3 is 5.69 Å². The molecule has 1 aromatic heterocycles. The number of H-pyrrole nitrogens is 2. The summed E-state index contributed by atoms with van der Waals surface area (Å²) in [5, 5.41) is 0. The number of hydrogen-bond donors (Lipinski definition) is 3. The van der Waals surface area contributed by atoms with E-state index in [9.17, 15) is 18.0 Å². The lowest BCUT2D eigenvalue weighted by molar-refractivity contribution is 0.580. The quantitative estimate of drug-likeness (QED) is 0.600. The van der Waals surface area contributed by atoms with Crippen LogP contribution >= 0.6 is 0 Å². The summed E-state index contributed by atoms with van der Waals surface area (Å²) in [6, 6.07) is 0. The maximum Gasteiger partial charge on any atom is 0.325 e. The van der Waals surface area contributed by atoms with Crippen molar-refractivity contribution in [2.45, 2.75) is 18.7 Å². The van der Waals surface area contributed by atoms with E-state index >= 15 is 0 Å². The van der Waals surface area contributed by atoms with Gasteiger partial charge in [0.1, 0.15) is 0 Å². The fourth-order valence-electron chi connectivity index (χ4n) is 1.17. The molecule has 0 spiro atoms. The fraction of sp³-hybridized carbons (Fsp3) is 0.429. The Labute approximate surface area is 85.6 Å². The number of rotatable bonds is 3. The van der Waals surface area contributed by atoms with Crippen LogP contribution in [0.1, 0.15) is 12.6 Å². The number of aromatic nitrogens is 2. The molecule has 0 fully saturated rings. The van der Waals surface area contributed by atoms with Gasteiger partial charge < -0.3 is 4.98 Å². The maximum atomic E-state index is 11.5. The van der Waals surface area contributed by atoms with Gasteiger partial charge in [-0.05, 0) is 6.92 Å². The van der Waals surface area contributed by atoms with Crippen molar-refractivity contribution in [3.8, 4) is 0 Å². The Morgan fingerprint density at radius 2 is 1.87 bits per heavy atom. The molecule has 0 aliphatic heterocycles. The van der Waals surface area contributed by atoms with Crippen LogP contribution in [0, 0.1) is 6.92 Å². The normalized spacial score (nSPS) is 11.6. The highest BCUT2D eigenvalue weighted by molar-refractivity contribution is 7.89. The Kier molecular flexibility index (Phi) is 3.10. The molecule has 7 nitrogen and oxygen atoms in total. The topological polar surface area (TPSA) is 112 Å². The van der Waals surface area contributed by atoms with Gasteiger partial charge in [0, 0.05) is 12.2 Å². The molecule has 0 radical (unpaired) electrons. The van der Waals surface area contributed by atoms with Crippen molar-refractivity contribution in [1.82, 2.24) is 14.7 Å². The van der Waals surface area contributed by atoms with Gasteiger partial charge in [-0.2, -0.15) is 0 Å². The third-order valence-corrected chi connectivity index (χ3v) is 3.38. The molecular weight excluding hydrogens is 222 g/mol. The number of hydrogen-bond acceptors (Lipinski definition) is 4. The molecule has 1 heterocycles. The largest absolute Gasteiger partial charge is 0.325 e. The smallest absolute Gasteiger partial charge is 0.310 e. The Morgan fingerprint density at radius 1 is 1.27 bits per heavy atom. The molecule has 0 bridgehead atoms. The summed E-state index contributed by atoms with van der Waals surface area (Å²) < 4.78 is 25.2. The molecular formula is C7H11N3O4S. The van der Waals surface area contributed by atoms with Crippen LogP contribution in [0.15, 0.2) is 14.5 Å². The summed E-state index contributed by atoms with van der Waals surface area (Å²) in [6.45, 7) is 3.11. The van der Waals surface area contributed by atoms with Gasteiger partial charge in [-0.3, -0.25) is 9.78 Å². The van der Waals surface area contributed by atoms with E-state index < -0.39 is 26.2 Å². The van der Waals surface area contributed by atoms with Crippen LogP contribution in [-0.2, 0) is 10.0 Å². The van der Waals surface area contributed by atoms with Gasteiger partial charge in [0.15, 0.2) is 4.90 Å². The van der Waals surface area contributed by atoms with Crippen LogP contribution in [0.2, 0.25) is 0 Å². The molecule has 0 saturated heterocycles. The molecule has 0 aliphatic carbocycles. The molecule has 8 heteroatoms. The molecule has 0 saturated carbocycles. The Hall–Kier alpha value is -1.41. The van der Waals surface area contributed by atoms with E-state index in [-0.39, 0.29) is 12.2 Å². The zero-order valence-electron chi connectivity index (χ0n) is 8.25. The van der Waals surface area contributed by atoms with Gasteiger partial charge in [-0.1, -0.05) is 6.92 Å².